The molecule has 7 nitrogen and oxygen atoms in total. The number of nitrogens with one attached hydrogen (secondary N) is 1. The van der Waals surface area contributed by atoms with Gasteiger partial charge in [0.1, 0.15) is 18.2 Å². The first-order valence-electron chi connectivity index (χ1n) is 11.6. The average Bonchev–Trinajstić information content (AvgIpc) is 3.14. The van der Waals surface area contributed by atoms with E-state index in [1.54, 1.807) is 0 Å². The standard InChI is InChI=1S/C26H31N5O2/c1-26(2)18-31(21-10-8-20(9-11-21)30-12-14-33-15-13-30)25-23(26)24(28-22(17-32)29-25)27-16-19-6-4-3-5-7-19/h3-11,32H,12-18H2,1-2H3,(H,27,28,29). The molecule has 0 radical (unpaired) electrons. The van der Waals surface area contributed by atoms with Crippen molar-refractivity contribution >= 4 is 23.0 Å². The van der Waals surface area contributed by atoms with Crippen LogP contribution < -0.4 is 15.1 Å². The van der Waals surface area contributed by atoms with Crippen LogP contribution in [0.5, 0.6) is 0 Å². The van der Waals surface area contributed by atoms with Crippen molar-refractivity contribution in [1.29, 1.82) is 0 Å². The van der Waals surface area contributed by atoms with Gasteiger partial charge in [-0.15, -0.1) is 0 Å². The molecule has 2 aliphatic rings. The van der Waals surface area contributed by atoms with E-state index in [2.05, 4.69) is 70.3 Å². The molecule has 3 aromatic rings. The first-order chi connectivity index (χ1) is 16.0. The Morgan fingerprint density at radius 1 is 0.970 bits per heavy atom. The molecule has 0 atom stereocenters. The number of ether oxygens (including phenoxy) is 1. The number of aliphatic hydroxyl groups excluding tert-OH is 1. The maximum Gasteiger partial charge on any atom is 0.158 e. The summed E-state index contributed by atoms with van der Waals surface area (Å²) >= 11 is 0. The molecule has 1 saturated heterocycles. The van der Waals surface area contributed by atoms with Crippen molar-refractivity contribution in [3.63, 3.8) is 0 Å². The monoisotopic (exact) mass is 445 g/mol. The van der Waals surface area contributed by atoms with Gasteiger partial charge in [-0.25, -0.2) is 9.97 Å². The summed E-state index contributed by atoms with van der Waals surface area (Å²) in [6, 6.07) is 18.9. The van der Waals surface area contributed by atoms with Crippen LogP contribution in [0.2, 0.25) is 0 Å². The molecule has 172 valence electrons. The summed E-state index contributed by atoms with van der Waals surface area (Å²) in [5.41, 5.74) is 4.43. The molecule has 0 amide bonds. The van der Waals surface area contributed by atoms with Crippen LogP contribution >= 0.6 is 0 Å². The van der Waals surface area contributed by atoms with E-state index in [1.165, 1.54) is 11.3 Å². The maximum absolute atomic E-state index is 9.86. The summed E-state index contributed by atoms with van der Waals surface area (Å²) in [6.45, 7) is 9.10. The first kappa shape index (κ1) is 21.7. The zero-order valence-corrected chi connectivity index (χ0v) is 19.3. The van der Waals surface area contributed by atoms with Gasteiger partial charge in [0.15, 0.2) is 5.82 Å². The molecule has 0 unspecified atom stereocenters. The summed E-state index contributed by atoms with van der Waals surface area (Å²) in [5.74, 6) is 2.09. The highest BCUT2D eigenvalue weighted by atomic mass is 16.5. The van der Waals surface area contributed by atoms with Gasteiger partial charge >= 0.3 is 0 Å². The van der Waals surface area contributed by atoms with Crippen LogP contribution in [0.3, 0.4) is 0 Å². The summed E-state index contributed by atoms with van der Waals surface area (Å²) < 4.78 is 5.48. The number of aromatic nitrogens is 2. The van der Waals surface area contributed by atoms with Crippen molar-refractivity contribution in [2.45, 2.75) is 32.4 Å². The molecule has 2 aromatic carbocycles. The number of aliphatic hydroxyl groups is 1. The maximum atomic E-state index is 9.86. The van der Waals surface area contributed by atoms with E-state index in [0.717, 1.165) is 55.7 Å². The van der Waals surface area contributed by atoms with Gasteiger partial charge in [0.2, 0.25) is 0 Å². The van der Waals surface area contributed by atoms with E-state index in [0.29, 0.717) is 12.4 Å². The van der Waals surface area contributed by atoms with Gasteiger partial charge in [0, 0.05) is 48.5 Å². The molecule has 5 rings (SSSR count). The lowest BCUT2D eigenvalue weighted by atomic mass is 9.88. The van der Waals surface area contributed by atoms with Gasteiger partial charge in [-0.1, -0.05) is 44.2 Å². The molecule has 7 heteroatoms. The SMILES string of the molecule is CC1(C)CN(c2ccc(N3CCOCC3)cc2)c2nc(CO)nc(NCc3ccccc3)c21. The molecule has 2 N–H and O–H groups in total. The van der Waals surface area contributed by atoms with Crippen LogP contribution in [0, 0.1) is 0 Å². The minimum Gasteiger partial charge on any atom is -0.388 e. The van der Waals surface area contributed by atoms with Crippen molar-refractivity contribution in [2.24, 2.45) is 0 Å². The van der Waals surface area contributed by atoms with Gasteiger partial charge in [-0.05, 0) is 29.8 Å². The van der Waals surface area contributed by atoms with Gasteiger partial charge in [0.25, 0.3) is 0 Å². The second-order valence-electron chi connectivity index (χ2n) is 9.27. The van der Waals surface area contributed by atoms with Crippen molar-refractivity contribution in [1.82, 2.24) is 9.97 Å². The highest BCUT2D eigenvalue weighted by molar-refractivity contribution is 5.75. The fourth-order valence-corrected chi connectivity index (χ4v) is 4.72. The Bertz CT molecular complexity index is 1100. The number of nitrogens with zero attached hydrogens (tertiary/aromatic N) is 4. The van der Waals surface area contributed by atoms with E-state index in [1.807, 2.05) is 18.2 Å². The highest BCUT2D eigenvalue weighted by Crippen LogP contribution is 2.46. The molecule has 0 aliphatic carbocycles. The molecule has 1 aromatic heterocycles. The fourth-order valence-electron chi connectivity index (χ4n) is 4.72. The second kappa shape index (κ2) is 9.00. The second-order valence-corrected chi connectivity index (χ2v) is 9.27. The lowest BCUT2D eigenvalue weighted by Gasteiger charge is -2.29. The normalized spacial score (nSPS) is 17.2. The molecule has 1 fully saturated rings. The van der Waals surface area contributed by atoms with Crippen molar-refractivity contribution in [3.8, 4) is 0 Å². The highest BCUT2D eigenvalue weighted by Gasteiger charge is 2.40. The van der Waals surface area contributed by atoms with E-state index < -0.39 is 0 Å². The molecule has 0 saturated carbocycles. The first-order valence-corrected chi connectivity index (χ1v) is 11.6. The smallest absolute Gasteiger partial charge is 0.158 e. The van der Waals surface area contributed by atoms with Crippen molar-refractivity contribution < 1.29 is 9.84 Å². The fraction of sp³-hybridized carbons (Fsp3) is 0.385. The number of morpholine rings is 1. The number of rotatable bonds is 6. The van der Waals surface area contributed by atoms with Gasteiger partial charge < -0.3 is 25.0 Å². The summed E-state index contributed by atoms with van der Waals surface area (Å²) in [4.78, 5) is 14.0. The molecule has 2 aliphatic heterocycles. The van der Waals surface area contributed by atoms with Crippen LogP contribution in [0.1, 0.15) is 30.8 Å². The quantitative estimate of drug-likeness (QED) is 0.597. The van der Waals surface area contributed by atoms with E-state index >= 15 is 0 Å². The summed E-state index contributed by atoms with van der Waals surface area (Å²) in [5, 5.41) is 13.4. The van der Waals surface area contributed by atoms with Crippen LogP contribution in [0.4, 0.5) is 23.0 Å². The summed E-state index contributed by atoms with van der Waals surface area (Å²) in [7, 11) is 0. The van der Waals surface area contributed by atoms with Crippen molar-refractivity contribution in [3.05, 3.63) is 71.5 Å². The number of hydrogen-bond acceptors (Lipinski definition) is 7. The Balaban J connectivity index is 1.46. The molecule has 0 bridgehead atoms. The largest absolute Gasteiger partial charge is 0.388 e. The Kier molecular flexibility index (Phi) is 5.91. The van der Waals surface area contributed by atoms with Crippen LogP contribution in [-0.2, 0) is 23.3 Å². The van der Waals surface area contributed by atoms with E-state index in [9.17, 15) is 5.11 Å². The zero-order valence-electron chi connectivity index (χ0n) is 19.3. The third kappa shape index (κ3) is 4.38. The van der Waals surface area contributed by atoms with Gasteiger partial charge in [-0.2, -0.15) is 0 Å². The Morgan fingerprint density at radius 2 is 1.67 bits per heavy atom. The third-order valence-electron chi connectivity index (χ3n) is 6.40. The molecule has 3 heterocycles. The molecule has 0 spiro atoms. The van der Waals surface area contributed by atoms with Crippen LogP contribution in [0.25, 0.3) is 0 Å². The van der Waals surface area contributed by atoms with Crippen LogP contribution in [0.15, 0.2) is 54.6 Å². The lowest BCUT2D eigenvalue weighted by Crippen LogP contribution is -2.36. The average molecular weight is 446 g/mol. The topological polar surface area (TPSA) is 73.8 Å². The Morgan fingerprint density at radius 3 is 2.36 bits per heavy atom. The van der Waals surface area contributed by atoms with Gasteiger partial charge in [0.05, 0.1) is 13.2 Å². The van der Waals surface area contributed by atoms with Gasteiger partial charge in [-0.3, -0.25) is 0 Å². The molecule has 33 heavy (non-hydrogen) atoms. The molecular weight excluding hydrogens is 414 g/mol. The minimum atomic E-state index is -0.197. The summed E-state index contributed by atoms with van der Waals surface area (Å²) in [6.07, 6.45) is 0. The predicted octanol–water partition coefficient (Wildman–Crippen LogP) is 3.85. The minimum absolute atomic E-state index is 0.148. The Labute approximate surface area is 195 Å². The van der Waals surface area contributed by atoms with E-state index in [4.69, 9.17) is 9.72 Å². The Hall–Kier alpha value is -3.16. The number of fused-ring (bicyclic) bond motifs is 1. The lowest BCUT2D eigenvalue weighted by molar-refractivity contribution is 0.122. The zero-order chi connectivity index (χ0) is 22.8. The third-order valence-corrected chi connectivity index (χ3v) is 6.40. The number of anilines is 4. The predicted molar refractivity (Wildman–Crippen MR) is 131 cm³/mol. The molecular formula is C26H31N5O2. The van der Waals surface area contributed by atoms with Crippen LogP contribution in [-0.4, -0.2) is 47.9 Å². The number of hydrogen-bond donors (Lipinski definition) is 2. The van der Waals surface area contributed by atoms with E-state index in [-0.39, 0.29) is 12.0 Å². The van der Waals surface area contributed by atoms with Crippen molar-refractivity contribution in [2.75, 3.05) is 48.0 Å². The number of benzene rings is 2.